The predicted molar refractivity (Wildman–Crippen MR) is 75.7 cm³/mol. The number of nitrogens with two attached hydrogens (primary N) is 1. The number of nitrogens with one attached hydrogen (secondary N) is 2. The molecule has 3 aromatic rings. The van der Waals surface area contributed by atoms with Crippen LogP contribution in [0.2, 0.25) is 0 Å². The Hall–Kier alpha value is -2.41. The predicted octanol–water partition coefficient (Wildman–Crippen LogP) is 2.12. The number of aromatic amines is 1. The third kappa shape index (κ3) is 2.41. The van der Waals surface area contributed by atoms with Gasteiger partial charge in [-0.05, 0) is 29.2 Å². The molecule has 0 spiro atoms. The van der Waals surface area contributed by atoms with Crippen LogP contribution in [0, 0.1) is 0 Å². The summed E-state index contributed by atoms with van der Waals surface area (Å²) in [5.41, 5.74) is 7.86. The number of nitrogen functional groups attached to an aromatic ring is 1. The summed E-state index contributed by atoms with van der Waals surface area (Å²) in [5.74, 6) is 1.39. The van der Waals surface area contributed by atoms with Crippen molar-refractivity contribution in [3.63, 3.8) is 0 Å². The Bertz CT molecular complexity index is 646. The van der Waals surface area contributed by atoms with Gasteiger partial charge in [-0.3, -0.25) is 4.98 Å². The van der Waals surface area contributed by atoms with Gasteiger partial charge in [0.25, 0.3) is 0 Å². The van der Waals surface area contributed by atoms with E-state index in [4.69, 9.17) is 5.73 Å². The number of nitrogens with zero attached hydrogens (tertiary/aromatic N) is 3. The standard InChI is InChI=1S/C12H12N6S/c13-11-10(8-1-3-14-4-2-8)12(19-18-11)17-7-9-15-5-6-16-9/h1-6,17H,7H2,(H2,13,18)(H,15,16). The molecule has 0 aliphatic carbocycles. The van der Waals surface area contributed by atoms with E-state index in [1.807, 2.05) is 12.1 Å². The molecular weight excluding hydrogens is 260 g/mol. The summed E-state index contributed by atoms with van der Waals surface area (Å²) in [6, 6.07) is 3.83. The molecule has 6 nitrogen and oxygen atoms in total. The quantitative estimate of drug-likeness (QED) is 0.676. The smallest absolute Gasteiger partial charge is 0.147 e. The Morgan fingerprint density at radius 3 is 2.84 bits per heavy atom. The minimum Gasteiger partial charge on any atom is -0.382 e. The molecule has 0 bridgehead atoms. The molecule has 0 saturated carbocycles. The maximum atomic E-state index is 5.94. The van der Waals surface area contributed by atoms with Crippen molar-refractivity contribution in [2.75, 3.05) is 11.1 Å². The topological polar surface area (TPSA) is 92.5 Å². The van der Waals surface area contributed by atoms with Gasteiger partial charge in [0.05, 0.1) is 12.1 Å². The molecule has 3 rings (SSSR count). The molecule has 96 valence electrons. The van der Waals surface area contributed by atoms with Gasteiger partial charge >= 0.3 is 0 Å². The molecule has 0 radical (unpaired) electrons. The van der Waals surface area contributed by atoms with Gasteiger partial charge < -0.3 is 16.0 Å². The van der Waals surface area contributed by atoms with E-state index in [2.05, 4.69) is 24.6 Å². The van der Waals surface area contributed by atoms with E-state index in [1.54, 1.807) is 24.8 Å². The summed E-state index contributed by atoms with van der Waals surface area (Å²) < 4.78 is 4.20. The fourth-order valence-corrected chi connectivity index (χ4v) is 2.51. The lowest BCUT2D eigenvalue weighted by molar-refractivity contribution is 1.00. The molecular formula is C12H12N6S. The minimum absolute atomic E-state index is 0.526. The average Bonchev–Trinajstić information content (AvgIpc) is 3.07. The van der Waals surface area contributed by atoms with Gasteiger partial charge in [0.2, 0.25) is 0 Å². The van der Waals surface area contributed by atoms with Crippen molar-refractivity contribution in [3.05, 3.63) is 42.7 Å². The molecule has 4 N–H and O–H groups in total. The second kappa shape index (κ2) is 5.07. The van der Waals surface area contributed by atoms with Crippen LogP contribution in [0.3, 0.4) is 0 Å². The molecule has 0 atom stereocenters. The van der Waals surface area contributed by atoms with E-state index in [-0.39, 0.29) is 0 Å². The summed E-state index contributed by atoms with van der Waals surface area (Å²) in [7, 11) is 0. The number of hydrogen-bond acceptors (Lipinski definition) is 6. The number of pyridine rings is 1. The summed E-state index contributed by atoms with van der Waals surface area (Å²) in [5, 5.41) is 4.23. The lowest BCUT2D eigenvalue weighted by Gasteiger charge is -2.05. The average molecular weight is 272 g/mol. The van der Waals surface area contributed by atoms with Crippen molar-refractivity contribution in [2.24, 2.45) is 0 Å². The fraction of sp³-hybridized carbons (Fsp3) is 0.0833. The number of aromatic nitrogens is 4. The molecule has 0 saturated heterocycles. The Morgan fingerprint density at radius 2 is 2.11 bits per heavy atom. The molecule has 3 heterocycles. The minimum atomic E-state index is 0.526. The zero-order valence-corrected chi connectivity index (χ0v) is 10.8. The van der Waals surface area contributed by atoms with Crippen LogP contribution < -0.4 is 11.1 Å². The van der Waals surface area contributed by atoms with Crippen molar-refractivity contribution >= 4 is 22.4 Å². The highest BCUT2D eigenvalue weighted by Crippen LogP contribution is 2.36. The number of hydrogen-bond donors (Lipinski definition) is 3. The highest BCUT2D eigenvalue weighted by molar-refractivity contribution is 7.11. The third-order valence-corrected chi connectivity index (χ3v) is 3.48. The van der Waals surface area contributed by atoms with Crippen molar-refractivity contribution in [2.45, 2.75) is 6.54 Å². The van der Waals surface area contributed by atoms with Crippen LogP contribution in [-0.4, -0.2) is 19.3 Å². The summed E-state index contributed by atoms with van der Waals surface area (Å²) in [6.07, 6.45) is 7.00. The maximum Gasteiger partial charge on any atom is 0.147 e. The first-order chi connectivity index (χ1) is 9.34. The molecule has 0 aliphatic heterocycles. The van der Waals surface area contributed by atoms with Crippen molar-refractivity contribution in [1.82, 2.24) is 19.3 Å². The Balaban J connectivity index is 1.87. The normalized spacial score (nSPS) is 10.5. The molecule has 3 aromatic heterocycles. The van der Waals surface area contributed by atoms with Crippen molar-refractivity contribution in [3.8, 4) is 11.1 Å². The van der Waals surface area contributed by atoms with E-state index in [0.717, 1.165) is 22.0 Å². The van der Waals surface area contributed by atoms with E-state index in [9.17, 15) is 0 Å². The monoisotopic (exact) mass is 272 g/mol. The first kappa shape index (κ1) is 11.7. The van der Waals surface area contributed by atoms with E-state index in [1.165, 1.54) is 11.5 Å². The van der Waals surface area contributed by atoms with E-state index < -0.39 is 0 Å². The second-order valence-electron chi connectivity index (χ2n) is 3.90. The van der Waals surface area contributed by atoms with Gasteiger partial charge in [0.1, 0.15) is 16.6 Å². The molecule has 0 fully saturated rings. The van der Waals surface area contributed by atoms with Crippen molar-refractivity contribution in [1.29, 1.82) is 0 Å². The second-order valence-corrected chi connectivity index (χ2v) is 4.67. The van der Waals surface area contributed by atoms with Crippen LogP contribution in [-0.2, 0) is 6.54 Å². The van der Waals surface area contributed by atoms with Crippen molar-refractivity contribution < 1.29 is 0 Å². The number of anilines is 2. The van der Waals surface area contributed by atoms with E-state index in [0.29, 0.717) is 12.4 Å². The third-order valence-electron chi connectivity index (χ3n) is 2.66. The van der Waals surface area contributed by atoms with Crippen LogP contribution in [0.1, 0.15) is 5.82 Å². The highest BCUT2D eigenvalue weighted by Gasteiger charge is 2.13. The molecule has 0 unspecified atom stereocenters. The SMILES string of the molecule is Nc1nsc(NCc2ncc[nH]2)c1-c1ccncc1. The van der Waals surface area contributed by atoms with Crippen LogP contribution in [0.4, 0.5) is 10.8 Å². The van der Waals surface area contributed by atoms with Gasteiger partial charge in [-0.15, -0.1) is 0 Å². The number of imidazole rings is 1. The molecule has 0 aliphatic rings. The highest BCUT2D eigenvalue weighted by atomic mass is 32.1. The largest absolute Gasteiger partial charge is 0.382 e. The zero-order chi connectivity index (χ0) is 13.1. The number of rotatable bonds is 4. The summed E-state index contributed by atoms with van der Waals surface area (Å²) in [6.45, 7) is 0.604. The molecule has 19 heavy (non-hydrogen) atoms. The van der Waals surface area contributed by atoms with Gasteiger partial charge in [-0.2, -0.15) is 4.37 Å². The fourth-order valence-electron chi connectivity index (χ4n) is 1.78. The van der Waals surface area contributed by atoms with Crippen LogP contribution in [0.25, 0.3) is 11.1 Å². The summed E-state index contributed by atoms with van der Waals surface area (Å²) in [4.78, 5) is 11.2. The van der Waals surface area contributed by atoms with Gasteiger partial charge in [-0.1, -0.05) is 0 Å². The molecule has 0 amide bonds. The first-order valence-electron chi connectivity index (χ1n) is 5.72. The lowest BCUT2D eigenvalue weighted by atomic mass is 10.1. The van der Waals surface area contributed by atoms with Crippen LogP contribution in [0.5, 0.6) is 0 Å². The Kier molecular flexibility index (Phi) is 3.11. The molecule has 7 heteroatoms. The van der Waals surface area contributed by atoms with Gasteiger partial charge in [0, 0.05) is 24.8 Å². The lowest BCUT2D eigenvalue weighted by Crippen LogP contribution is -2.01. The van der Waals surface area contributed by atoms with Gasteiger partial charge in [0.15, 0.2) is 0 Å². The van der Waals surface area contributed by atoms with Crippen LogP contribution in [0.15, 0.2) is 36.9 Å². The van der Waals surface area contributed by atoms with Crippen LogP contribution >= 0.6 is 11.5 Å². The van der Waals surface area contributed by atoms with E-state index >= 15 is 0 Å². The first-order valence-corrected chi connectivity index (χ1v) is 6.49. The summed E-state index contributed by atoms with van der Waals surface area (Å²) >= 11 is 1.34. The Labute approximate surface area is 113 Å². The number of H-pyrrole nitrogens is 1. The zero-order valence-electron chi connectivity index (χ0n) is 10.00. The Morgan fingerprint density at radius 1 is 1.26 bits per heavy atom. The van der Waals surface area contributed by atoms with Gasteiger partial charge in [-0.25, -0.2) is 4.98 Å². The maximum absolute atomic E-state index is 5.94. The molecule has 0 aromatic carbocycles.